The minimum absolute atomic E-state index is 0.0398. The van der Waals surface area contributed by atoms with Gasteiger partial charge in [-0.3, -0.25) is 9.59 Å². The van der Waals surface area contributed by atoms with Crippen LogP contribution in [-0.2, 0) is 4.79 Å². The number of hydrogen-bond acceptors (Lipinski definition) is 4. The fourth-order valence-corrected chi connectivity index (χ4v) is 2.89. The highest BCUT2D eigenvalue weighted by Gasteiger charge is 2.35. The fourth-order valence-electron chi connectivity index (χ4n) is 2.00. The summed E-state index contributed by atoms with van der Waals surface area (Å²) in [4.78, 5) is 25.8. The van der Waals surface area contributed by atoms with Gasteiger partial charge in [0.15, 0.2) is 12.4 Å². The number of carbonyl (C=O) groups is 2. The van der Waals surface area contributed by atoms with Gasteiger partial charge in [-0.1, -0.05) is 0 Å². The first-order valence-corrected chi connectivity index (χ1v) is 5.90. The molecule has 0 spiro atoms. The van der Waals surface area contributed by atoms with Crippen molar-refractivity contribution in [3.63, 3.8) is 0 Å². The molecule has 2 aliphatic rings. The first kappa shape index (κ1) is 9.65. The number of amides is 2. The summed E-state index contributed by atoms with van der Waals surface area (Å²) in [5, 5.41) is 4.62. The van der Waals surface area contributed by atoms with Crippen molar-refractivity contribution < 1.29 is 14.3 Å². The number of thiophene rings is 1. The van der Waals surface area contributed by atoms with Crippen molar-refractivity contribution in [3.05, 3.63) is 10.3 Å². The molecule has 2 amide bonds. The minimum Gasteiger partial charge on any atom is -0.481 e. The molecular formula is C10H10N2O3S. The Hall–Kier alpha value is -1.56. The molecule has 2 aliphatic heterocycles. The lowest BCUT2D eigenvalue weighted by Gasteiger charge is -2.27. The molecule has 0 aliphatic carbocycles. The van der Waals surface area contributed by atoms with Crippen molar-refractivity contribution in [2.75, 3.05) is 18.1 Å². The van der Waals surface area contributed by atoms with Crippen LogP contribution in [0.5, 0.6) is 5.75 Å². The molecule has 6 heteroatoms. The zero-order valence-electron chi connectivity index (χ0n) is 8.65. The van der Waals surface area contributed by atoms with Gasteiger partial charge in [-0.25, -0.2) is 0 Å². The molecule has 0 aromatic carbocycles. The Balaban J connectivity index is 2.18. The highest BCUT2D eigenvalue weighted by Crippen LogP contribution is 2.41. The van der Waals surface area contributed by atoms with E-state index < -0.39 is 0 Å². The lowest BCUT2D eigenvalue weighted by molar-refractivity contribution is -0.121. The van der Waals surface area contributed by atoms with Crippen LogP contribution in [0.1, 0.15) is 16.6 Å². The summed E-state index contributed by atoms with van der Waals surface area (Å²) in [6.45, 7) is 2.45. The second kappa shape index (κ2) is 3.21. The van der Waals surface area contributed by atoms with E-state index in [4.69, 9.17) is 4.74 Å². The SMILES string of the molecule is C[C@H]1CN2C(=O)COc3csc(c32)C(=O)N1. The number of anilines is 1. The van der Waals surface area contributed by atoms with Gasteiger partial charge in [0.25, 0.3) is 11.8 Å². The van der Waals surface area contributed by atoms with E-state index in [1.165, 1.54) is 11.3 Å². The third-order valence-corrected chi connectivity index (χ3v) is 3.64. The first-order valence-electron chi connectivity index (χ1n) is 5.02. The number of rotatable bonds is 0. The zero-order chi connectivity index (χ0) is 11.3. The maximum atomic E-state index is 11.8. The van der Waals surface area contributed by atoms with Crippen molar-refractivity contribution in [3.8, 4) is 5.75 Å². The second-order valence-corrected chi connectivity index (χ2v) is 4.82. The summed E-state index contributed by atoms with van der Waals surface area (Å²) < 4.78 is 5.30. The van der Waals surface area contributed by atoms with Gasteiger partial charge in [0, 0.05) is 18.0 Å². The van der Waals surface area contributed by atoms with Gasteiger partial charge in [0.05, 0.1) is 0 Å². The topological polar surface area (TPSA) is 58.6 Å². The number of ether oxygens (including phenoxy) is 1. The van der Waals surface area contributed by atoms with E-state index in [0.29, 0.717) is 22.9 Å². The van der Waals surface area contributed by atoms with Gasteiger partial charge in [-0.2, -0.15) is 0 Å². The predicted molar refractivity (Wildman–Crippen MR) is 59.1 cm³/mol. The second-order valence-electron chi connectivity index (χ2n) is 3.95. The van der Waals surface area contributed by atoms with E-state index in [1.54, 1.807) is 10.3 Å². The van der Waals surface area contributed by atoms with Crippen LogP contribution in [0.2, 0.25) is 0 Å². The Morgan fingerprint density at radius 3 is 3.19 bits per heavy atom. The van der Waals surface area contributed by atoms with E-state index in [1.807, 2.05) is 6.92 Å². The average molecular weight is 238 g/mol. The predicted octanol–water partition coefficient (Wildman–Crippen LogP) is 0.605. The molecule has 0 bridgehead atoms. The quantitative estimate of drug-likeness (QED) is 0.720. The minimum atomic E-state index is -0.125. The van der Waals surface area contributed by atoms with Gasteiger partial charge < -0.3 is 15.0 Å². The number of carbonyl (C=O) groups excluding carboxylic acids is 2. The van der Waals surface area contributed by atoms with Gasteiger partial charge in [-0.05, 0) is 6.92 Å². The fraction of sp³-hybridized carbons (Fsp3) is 0.400. The molecule has 3 rings (SSSR count). The highest BCUT2D eigenvalue weighted by molar-refractivity contribution is 7.13. The Morgan fingerprint density at radius 2 is 2.38 bits per heavy atom. The molecule has 5 nitrogen and oxygen atoms in total. The standard InChI is InChI=1S/C10H10N2O3S/c1-5-2-12-7(13)3-15-6-4-16-9(8(6)12)10(14)11-5/h4-5H,2-3H2,1H3,(H,11,14)/t5-/m0/s1. The third kappa shape index (κ3) is 1.23. The van der Waals surface area contributed by atoms with Crippen molar-refractivity contribution in [2.45, 2.75) is 13.0 Å². The average Bonchev–Trinajstić information content (AvgIpc) is 2.60. The monoisotopic (exact) mass is 238 g/mol. The summed E-state index contributed by atoms with van der Waals surface area (Å²) in [6.07, 6.45) is 0. The van der Waals surface area contributed by atoms with Crippen LogP contribution >= 0.6 is 11.3 Å². The van der Waals surface area contributed by atoms with Crippen LogP contribution in [0.25, 0.3) is 0 Å². The molecule has 0 saturated heterocycles. The van der Waals surface area contributed by atoms with Crippen molar-refractivity contribution in [1.82, 2.24) is 5.32 Å². The normalized spacial score (nSPS) is 23.3. The molecule has 0 saturated carbocycles. The van der Waals surface area contributed by atoms with Gasteiger partial charge in [0.2, 0.25) is 0 Å². The van der Waals surface area contributed by atoms with Crippen LogP contribution in [-0.4, -0.2) is 31.0 Å². The number of nitrogens with zero attached hydrogens (tertiary/aromatic N) is 1. The molecule has 1 aromatic heterocycles. The summed E-state index contributed by atoms with van der Waals surface area (Å²) in [5.74, 6) is 0.430. The number of nitrogens with one attached hydrogen (secondary N) is 1. The molecule has 16 heavy (non-hydrogen) atoms. The van der Waals surface area contributed by atoms with E-state index >= 15 is 0 Å². The molecule has 1 aromatic rings. The van der Waals surface area contributed by atoms with Gasteiger partial charge in [0.1, 0.15) is 10.6 Å². The third-order valence-electron chi connectivity index (χ3n) is 2.69. The molecule has 0 unspecified atom stereocenters. The molecule has 0 radical (unpaired) electrons. The van der Waals surface area contributed by atoms with E-state index in [2.05, 4.69) is 5.32 Å². The maximum absolute atomic E-state index is 11.8. The molecule has 84 valence electrons. The number of hydrogen-bond donors (Lipinski definition) is 1. The molecular weight excluding hydrogens is 228 g/mol. The van der Waals surface area contributed by atoms with Crippen LogP contribution in [0.15, 0.2) is 5.38 Å². The molecule has 1 atom stereocenters. The Kier molecular flexibility index (Phi) is 1.94. The summed E-state index contributed by atoms with van der Waals surface area (Å²) in [6, 6.07) is -0.0398. The highest BCUT2D eigenvalue weighted by atomic mass is 32.1. The molecule has 0 fully saturated rings. The molecule has 1 N–H and O–H groups in total. The van der Waals surface area contributed by atoms with Crippen LogP contribution in [0.4, 0.5) is 5.69 Å². The van der Waals surface area contributed by atoms with Crippen LogP contribution < -0.4 is 15.0 Å². The Morgan fingerprint density at radius 1 is 1.56 bits per heavy atom. The maximum Gasteiger partial charge on any atom is 0.265 e. The van der Waals surface area contributed by atoms with E-state index in [9.17, 15) is 9.59 Å². The summed E-state index contributed by atoms with van der Waals surface area (Å²) in [5.41, 5.74) is 0.642. The first-order chi connectivity index (χ1) is 7.66. The van der Waals surface area contributed by atoms with Gasteiger partial charge >= 0.3 is 0 Å². The van der Waals surface area contributed by atoms with E-state index in [0.717, 1.165) is 0 Å². The Labute approximate surface area is 96.0 Å². The van der Waals surface area contributed by atoms with Crippen molar-refractivity contribution in [2.24, 2.45) is 0 Å². The summed E-state index contributed by atoms with van der Waals surface area (Å²) in [7, 11) is 0. The molecule has 3 heterocycles. The lowest BCUT2D eigenvalue weighted by atomic mass is 10.2. The smallest absolute Gasteiger partial charge is 0.265 e. The summed E-state index contributed by atoms with van der Waals surface area (Å²) >= 11 is 1.31. The largest absolute Gasteiger partial charge is 0.481 e. The van der Waals surface area contributed by atoms with Crippen LogP contribution in [0.3, 0.4) is 0 Å². The zero-order valence-corrected chi connectivity index (χ0v) is 9.47. The lowest BCUT2D eigenvalue weighted by Crippen LogP contribution is -2.44. The van der Waals surface area contributed by atoms with Gasteiger partial charge in [-0.15, -0.1) is 11.3 Å². The Bertz CT molecular complexity index is 482. The van der Waals surface area contributed by atoms with Crippen molar-refractivity contribution in [1.29, 1.82) is 0 Å². The van der Waals surface area contributed by atoms with Crippen LogP contribution in [0, 0.1) is 0 Å². The van der Waals surface area contributed by atoms with E-state index in [-0.39, 0.29) is 24.5 Å². The van der Waals surface area contributed by atoms with Crippen molar-refractivity contribution >= 4 is 28.8 Å².